The molecule has 0 spiro atoms. The summed E-state index contributed by atoms with van der Waals surface area (Å²) in [6.45, 7) is 3.08. The fourth-order valence-corrected chi connectivity index (χ4v) is 4.56. The average molecular weight is 448 g/mol. The summed E-state index contributed by atoms with van der Waals surface area (Å²) >= 11 is 0. The first-order valence-electron chi connectivity index (χ1n) is 11.1. The van der Waals surface area contributed by atoms with Gasteiger partial charge in [0.25, 0.3) is 5.69 Å². The minimum absolute atomic E-state index is 0.0377. The van der Waals surface area contributed by atoms with Gasteiger partial charge in [0, 0.05) is 26.2 Å². The lowest BCUT2D eigenvalue weighted by Crippen LogP contribution is -2.47. The first-order chi connectivity index (χ1) is 16.1. The molecule has 33 heavy (non-hydrogen) atoms. The van der Waals surface area contributed by atoms with Gasteiger partial charge in [-0.2, -0.15) is 0 Å². The fourth-order valence-electron chi connectivity index (χ4n) is 4.56. The molecule has 1 fully saturated rings. The van der Waals surface area contributed by atoms with Crippen molar-refractivity contribution in [3.8, 4) is 11.5 Å². The Labute approximate surface area is 194 Å². The summed E-state index contributed by atoms with van der Waals surface area (Å²) in [4.78, 5) is 16.4. The number of nitro groups is 1. The van der Waals surface area contributed by atoms with Gasteiger partial charge in [0.05, 0.1) is 36.9 Å². The Balaban J connectivity index is 1.80. The lowest BCUT2D eigenvalue weighted by molar-refractivity contribution is -0.386. The Bertz CT molecular complexity index is 1030. The van der Waals surface area contributed by atoms with E-state index in [4.69, 9.17) is 9.47 Å². The fraction of sp³-hybridized carbons (Fsp3) is 0.308. The normalized spacial score (nSPS) is 15.3. The molecule has 0 aliphatic carbocycles. The summed E-state index contributed by atoms with van der Waals surface area (Å²) in [5.74, 6) is 0.843. The van der Waals surface area contributed by atoms with Crippen molar-refractivity contribution in [2.75, 3.05) is 27.3 Å². The molecule has 4 rings (SSSR count). The third kappa shape index (κ3) is 5.16. The molecule has 1 saturated heterocycles. The smallest absolute Gasteiger partial charge is 0.279 e. The van der Waals surface area contributed by atoms with E-state index in [-0.39, 0.29) is 16.8 Å². The summed E-state index contributed by atoms with van der Waals surface area (Å²) in [7, 11) is 3.04. The zero-order valence-corrected chi connectivity index (χ0v) is 19.0. The van der Waals surface area contributed by atoms with Crippen LogP contribution in [0.5, 0.6) is 11.5 Å². The van der Waals surface area contributed by atoms with Crippen molar-refractivity contribution in [1.82, 2.24) is 9.80 Å². The molecule has 0 N–H and O–H groups in total. The third-order valence-electron chi connectivity index (χ3n) is 6.05. The Morgan fingerprint density at radius 3 is 1.79 bits per heavy atom. The highest BCUT2D eigenvalue weighted by Crippen LogP contribution is 2.42. The van der Waals surface area contributed by atoms with E-state index < -0.39 is 0 Å². The van der Waals surface area contributed by atoms with Crippen molar-refractivity contribution >= 4 is 5.69 Å². The maximum Gasteiger partial charge on any atom is 0.279 e. The van der Waals surface area contributed by atoms with Crippen LogP contribution in [0.15, 0.2) is 72.8 Å². The zero-order valence-electron chi connectivity index (χ0n) is 19.0. The second-order valence-corrected chi connectivity index (χ2v) is 8.16. The number of benzene rings is 3. The molecule has 172 valence electrons. The first kappa shape index (κ1) is 22.8. The molecule has 0 aromatic heterocycles. The second kappa shape index (κ2) is 10.5. The average Bonchev–Trinajstić information content (AvgIpc) is 2.84. The predicted molar refractivity (Wildman–Crippen MR) is 127 cm³/mol. The minimum Gasteiger partial charge on any atom is -0.493 e. The van der Waals surface area contributed by atoms with Crippen LogP contribution in [0.3, 0.4) is 0 Å². The molecule has 0 unspecified atom stereocenters. The van der Waals surface area contributed by atoms with Crippen molar-refractivity contribution < 1.29 is 14.4 Å². The van der Waals surface area contributed by atoms with Crippen LogP contribution in [0.25, 0.3) is 0 Å². The van der Waals surface area contributed by atoms with E-state index in [2.05, 4.69) is 34.1 Å². The van der Waals surface area contributed by atoms with E-state index in [1.165, 1.54) is 24.3 Å². The van der Waals surface area contributed by atoms with Crippen molar-refractivity contribution in [2.45, 2.75) is 25.7 Å². The quantitative estimate of drug-likeness (QED) is 0.357. The summed E-state index contributed by atoms with van der Waals surface area (Å²) in [6.07, 6.45) is 0.705. The molecule has 0 bridgehead atoms. The highest BCUT2D eigenvalue weighted by molar-refractivity contribution is 5.55. The molecule has 7 nitrogen and oxygen atoms in total. The first-order valence-corrected chi connectivity index (χ1v) is 11.1. The molecule has 0 radical (unpaired) electrons. The predicted octanol–water partition coefficient (Wildman–Crippen LogP) is 5.02. The van der Waals surface area contributed by atoms with Crippen molar-refractivity contribution in [2.24, 2.45) is 0 Å². The van der Waals surface area contributed by atoms with Gasteiger partial charge in [0.2, 0.25) is 0 Å². The van der Waals surface area contributed by atoms with Gasteiger partial charge >= 0.3 is 0 Å². The highest BCUT2D eigenvalue weighted by Gasteiger charge is 2.36. The standard InChI is InChI=1S/C26H29N3O4/c1-32-24-16-22(23(29(30)31)17-25(24)33-2)26-27(18-20-10-5-3-6-11-20)14-9-15-28(26)19-21-12-7-4-8-13-21/h3-8,10-13,16-17,26H,9,14-15,18-19H2,1-2H3. The number of methoxy groups -OCH3 is 2. The summed E-state index contributed by atoms with van der Waals surface area (Å²) in [6, 6.07) is 23.7. The van der Waals surface area contributed by atoms with Crippen LogP contribution in [0.2, 0.25) is 0 Å². The van der Waals surface area contributed by atoms with Crippen LogP contribution in [-0.4, -0.2) is 42.0 Å². The minimum atomic E-state index is -0.326. The molecule has 3 aromatic carbocycles. The Hall–Kier alpha value is -3.42. The van der Waals surface area contributed by atoms with Gasteiger partial charge in [-0.15, -0.1) is 0 Å². The summed E-state index contributed by atoms with van der Waals surface area (Å²) < 4.78 is 10.9. The molecule has 1 aliphatic heterocycles. The van der Waals surface area contributed by atoms with Crippen molar-refractivity contribution in [3.63, 3.8) is 0 Å². The highest BCUT2D eigenvalue weighted by atomic mass is 16.6. The maximum atomic E-state index is 12.1. The molecule has 1 aliphatic rings. The zero-order chi connectivity index (χ0) is 23.2. The molecule has 1 heterocycles. The van der Waals surface area contributed by atoms with E-state index >= 15 is 0 Å². The molecule has 0 saturated carbocycles. The van der Waals surface area contributed by atoms with Gasteiger partial charge in [-0.3, -0.25) is 19.9 Å². The molecular weight excluding hydrogens is 418 g/mol. The molecule has 0 amide bonds. The number of nitrogens with zero attached hydrogens (tertiary/aromatic N) is 3. The summed E-state index contributed by atoms with van der Waals surface area (Å²) in [5.41, 5.74) is 3.00. The third-order valence-corrected chi connectivity index (χ3v) is 6.05. The Morgan fingerprint density at radius 2 is 1.33 bits per heavy atom. The number of ether oxygens (including phenoxy) is 2. The lowest BCUT2D eigenvalue weighted by Gasteiger charge is -2.44. The molecule has 7 heteroatoms. The van der Waals surface area contributed by atoms with Crippen LogP contribution >= 0.6 is 0 Å². The Kier molecular flexibility index (Phi) is 7.22. The summed E-state index contributed by atoms with van der Waals surface area (Å²) in [5, 5.41) is 12.1. The van der Waals surface area contributed by atoms with Gasteiger partial charge in [-0.05, 0) is 23.6 Å². The van der Waals surface area contributed by atoms with E-state index in [9.17, 15) is 10.1 Å². The number of hydrogen-bond donors (Lipinski definition) is 0. The number of hydrogen-bond acceptors (Lipinski definition) is 6. The molecule has 3 aromatic rings. The van der Waals surface area contributed by atoms with E-state index in [1.807, 2.05) is 36.4 Å². The van der Waals surface area contributed by atoms with Crippen molar-refractivity contribution in [3.05, 3.63) is 99.6 Å². The maximum absolute atomic E-state index is 12.1. The van der Waals surface area contributed by atoms with E-state index in [0.717, 1.165) is 19.5 Å². The number of nitro benzene ring substituents is 1. The largest absolute Gasteiger partial charge is 0.493 e. The number of rotatable bonds is 8. The molecule has 0 atom stereocenters. The van der Waals surface area contributed by atoms with E-state index in [1.54, 1.807) is 13.2 Å². The molecular formula is C26H29N3O4. The van der Waals surface area contributed by atoms with E-state index in [0.29, 0.717) is 30.2 Å². The van der Waals surface area contributed by atoms with Crippen LogP contribution < -0.4 is 9.47 Å². The van der Waals surface area contributed by atoms with Gasteiger partial charge in [-0.1, -0.05) is 60.7 Å². The van der Waals surface area contributed by atoms with Gasteiger partial charge in [-0.25, -0.2) is 0 Å². The van der Waals surface area contributed by atoms with Crippen LogP contribution in [-0.2, 0) is 13.1 Å². The Morgan fingerprint density at radius 1 is 0.848 bits per heavy atom. The lowest BCUT2D eigenvalue weighted by atomic mass is 10.0. The van der Waals surface area contributed by atoms with Gasteiger partial charge in [0.1, 0.15) is 0 Å². The van der Waals surface area contributed by atoms with Crippen LogP contribution in [0.1, 0.15) is 29.3 Å². The second-order valence-electron chi connectivity index (χ2n) is 8.16. The monoisotopic (exact) mass is 447 g/mol. The van der Waals surface area contributed by atoms with Crippen molar-refractivity contribution in [1.29, 1.82) is 0 Å². The van der Waals surface area contributed by atoms with Crippen LogP contribution in [0.4, 0.5) is 5.69 Å². The van der Waals surface area contributed by atoms with Crippen LogP contribution in [0, 0.1) is 10.1 Å². The van der Waals surface area contributed by atoms with Gasteiger partial charge < -0.3 is 9.47 Å². The topological polar surface area (TPSA) is 68.1 Å². The SMILES string of the molecule is COc1cc(C2N(Cc3ccccc3)CCCN2Cc2ccccc2)c([N+](=O)[O-])cc1OC. The van der Waals surface area contributed by atoms with Gasteiger partial charge in [0.15, 0.2) is 11.5 Å².